The van der Waals surface area contributed by atoms with Gasteiger partial charge in [0.15, 0.2) is 6.10 Å². The topological polar surface area (TPSA) is 85.2 Å². The molecular formula is C22H22N4O3. The minimum atomic E-state index is -0.540. The van der Waals surface area contributed by atoms with Crippen LogP contribution in [0.25, 0.3) is 5.69 Å². The molecule has 4 rings (SSSR count). The SMILES string of the molecule is CCc1c(C(=O)Nc2ccc3c(c2)NC(=O)[C@@H](C)O3)cnn1-c1ccccc1C. The second-order valence-electron chi connectivity index (χ2n) is 6.97. The lowest BCUT2D eigenvalue weighted by molar-refractivity contribution is -0.122. The third kappa shape index (κ3) is 3.47. The number of amides is 2. The lowest BCUT2D eigenvalue weighted by Crippen LogP contribution is -2.34. The molecule has 0 spiro atoms. The molecule has 3 aromatic rings. The highest BCUT2D eigenvalue weighted by atomic mass is 16.5. The van der Waals surface area contributed by atoms with Crippen molar-refractivity contribution in [3.05, 3.63) is 65.5 Å². The van der Waals surface area contributed by atoms with Crippen molar-refractivity contribution in [2.75, 3.05) is 10.6 Å². The van der Waals surface area contributed by atoms with Crippen LogP contribution in [0, 0.1) is 6.92 Å². The smallest absolute Gasteiger partial charge is 0.265 e. The van der Waals surface area contributed by atoms with Crippen LogP contribution in [0.2, 0.25) is 0 Å². The Morgan fingerprint density at radius 3 is 2.83 bits per heavy atom. The summed E-state index contributed by atoms with van der Waals surface area (Å²) in [6.07, 6.45) is 1.71. The van der Waals surface area contributed by atoms with Crippen LogP contribution in [0.3, 0.4) is 0 Å². The van der Waals surface area contributed by atoms with Gasteiger partial charge in [-0.05, 0) is 50.1 Å². The molecule has 7 nitrogen and oxygen atoms in total. The molecule has 1 aromatic heterocycles. The van der Waals surface area contributed by atoms with Crippen molar-refractivity contribution in [3.63, 3.8) is 0 Å². The van der Waals surface area contributed by atoms with Crippen molar-refractivity contribution in [2.45, 2.75) is 33.3 Å². The first-order valence-electron chi connectivity index (χ1n) is 9.53. The molecule has 29 heavy (non-hydrogen) atoms. The van der Waals surface area contributed by atoms with Gasteiger partial charge in [0, 0.05) is 5.69 Å². The summed E-state index contributed by atoms with van der Waals surface area (Å²) in [5.41, 5.74) is 4.49. The molecule has 1 aliphatic rings. The van der Waals surface area contributed by atoms with Crippen molar-refractivity contribution in [1.82, 2.24) is 9.78 Å². The number of rotatable bonds is 4. The number of aryl methyl sites for hydroxylation is 1. The Labute approximate surface area is 168 Å². The number of fused-ring (bicyclic) bond motifs is 1. The van der Waals surface area contributed by atoms with Crippen LogP contribution >= 0.6 is 0 Å². The number of benzene rings is 2. The molecule has 0 fully saturated rings. The number of hydrogen-bond acceptors (Lipinski definition) is 4. The Morgan fingerprint density at radius 1 is 1.28 bits per heavy atom. The Bertz CT molecular complexity index is 1100. The maximum absolute atomic E-state index is 12.9. The number of nitrogens with one attached hydrogen (secondary N) is 2. The molecule has 1 atom stereocenters. The summed E-state index contributed by atoms with van der Waals surface area (Å²) in [6, 6.07) is 13.1. The summed E-state index contributed by atoms with van der Waals surface area (Å²) in [5.74, 6) is 0.114. The van der Waals surface area contributed by atoms with Crippen LogP contribution in [0.5, 0.6) is 5.75 Å². The van der Waals surface area contributed by atoms with E-state index in [9.17, 15) is 9.59 Å². The molecule has 148 valence electrons. The molecule has 0 radical (unpaired) electrons. The molecule has 0 bridgehead atoms. The van der Waals surface area contributed by atoms with Gasteiger partial charge in [0.2, 0.25) is 0 Å². The van der Waals surface area contributed by atoms with Gasteiger partial charge < -0.3 is 15.4 Å². The summed E-state index contributed by atoms with van der Waals surface area (Å²) in [6.45, 7) is 5.70. The minimum absolute atomic E-state index is 0.214. The first-order valence-corrected chi connectivity index (χ1v) is 9.53. The van der Waals surface area contributed by atoms with E-state index in [0.29, 0.717) is 29.1 Å². The lowest BCUT2D eigenvalue weighted by Gasteiger charge is -2.23. The number of ether oxygens (including phenoxy) is 1. The van der Waals surface area contributed by atoms with Gasteiger partial charge in [-0.1, -0.05) is 25.1 Å². The highest BCUT2D eigenvalue weighted by Crippen LogP contribution is 2.32. The Kier molecular flexibility index (Phi) is 4.80. The summed E-state index contributed by atoms with van der Waals surface area (Å²) >= 11 is 0. The van der Waals surface area contributed by atoms with Crippen LogP contribution in [0.4, 0.5) is 11.4 Å². The molecule has 0 unspecified atom stereocenters. The van der Waals surface area contributed by atoms with Gasteiger partial charge in [-0.25, -0.2) is 4.68 Å². The number of nitrogens with zero attached hydrogens (tertiary/aromatic N) is 2. The zero-order chi connectivity index (χ0) is 20.5. The molecular weight excluding hydrogens is 368 g/mol. The van der Waals surface area contributed by atoms with Gasteiger partial charge in [0.05, 0.1) is 28.8 Å². The van der Waals surface area contributed by atoms with Crippen LogP contribution in [0.15, 0.2) is 48.7 Å². The van der Waals surface area contributed by atoms with Crippen molar-refractivity contribution in [1.29, 1.82) is 0 Å². The average molecular weight is 390 g/mol. The predicted octanol–water partition coefficient (Wildman–Crippen LogP) is 3.71. The van der Waals surface area contributed by atoms with Crippen LogP contribution in [-0.4, -0.2) is 27.7 Å². The molecule has 1 aliphatic heterocycles. The van der Waals surface area contributed by atoms with E-state index < -0.39 is 6.10 Å². The molecule has 2 aromatic carbocycles. The van der Waals surface area contributed by atoms with Gasteiger partial charge in [-0.15, -0.1) is 0 Å². The normalized spacial score (nSPS) is 15.3. The predicted molar refractivity (Wildman–Crippen MR) is 111 cm³/mol. The van der Waals surface area contributed by atoms with Gasteiger partial charge in [0.25, 0.3) is 11.8 Å². The summed E-state index contributed by atoms with van der Waals surface area (Å²) in [5, 5.41) is 10.1. The Balaban J connectivity index is 1.61. The Morgan fingerprint density at radius 2 is 2.07 bits per heavy atom. The van der Waals surface area contributed by atoms with E-state index in [1.165, 1.54) is 0 Å². The number of hydrogen-bond donors (Lipinski definition) is 2. The minimum Gasteiger partial charge on any atom is -0.479 e. The quantitative estimate of drug-likeness (QED) is 0.711. The van der Waals surface area contributed by atoms with Gasteiger partial charge in [-0.3, -0.25) is 9.59 Å². The van der Waals surface area contributed by atoms with Crippen molar-refractivity contribution >= 4 is 23.2 Å². The fourth-order valence-electron chi connectivity index (χ4n) is 3.40. The van der Waals surface area contributed by atoms with E-state index in [0.717, 1.165) is 16.9 Å². The number of carbonyl (C=O) groups is 2. The van der Waals surface area contributed by atoms with Crippen LogP contribution in [0.1, 0.15) is 35.5 Å². The maximum atomic E-state index is 12.9. The average Bonchev–Trinajstić information content (AvgIpc) is 3.13. The maximum Gasteiger partial charge on any atom is 0.265 e. The zero-order valence-corrected chi connectivity index (χ0v) is 16.5. The van der Waals surface area contributed by atoms with E-state index in [2.05, 4.69) is 15.7 Å². The standard InChI is InChI=1S/C22H22N4O3/c1-4-18-16(12-23-26(18)19-8-6-5-7-13(19)2)22(28)24-15-9-10-20-17(11-15)25-21(27)14(3)29-20/h5-12,14H,4H2,1-3H3,(H,24,28)(H,25,27)/t14-/m1/s1. The largest absolute Gasteiger partial charge is 0.479 e. The van der Waals surface area contributed by atoms with E-state index in [4.69, 9.17) is 4.74 Å². The number of para-hydroxylation sites is 1. The number of carbonyl (C=O) groups excluding carboxylic acids is 2. The van der Waals surface area contributed by atoms with Crippen LogP contribution in [-0.2, 0) is 11.2 Å². The summed E-state index contributed by atoms with van der Waals surface area (Å²) in [4.78, 5) is 24.8. The summed E-state index contributed by atoms with van der Waals surface area (Å²) in [7, 11) is 0. The molecule has 2 amide bonds. The monoisotopic (exact) mass is 390 g/mol. The highest BCUT2D eigenvalue weighted by Gasteiger charge is 2.24. The fraction of sp³-hybridized carbons (Fsp3) is 0.227. The van der Waals surface area contributed by atoms with Gasteiger partial charge in [-0.2, -0.15) is 5.10 Å². The molecule has 2 N–H and O–H groups in total. The zero-order valence-electron chi connectivity index (χ0n) is 16.5. The van der Waals surface area contributed by atoms with Crippen molar-refractivity contribution < 1.29 is 14.3 Å². The lowest BCUT2D eigenvalue weighted by atomic mass is 10.1. The number of aromatic nitrogens is 2. The molecule has 7 heteroatoms. The summed E-state index contributed by atoms with van der Waals surface area (Å²) < 4.78 is 7.36. The second kappa shape index (κ2) is 7.43. The third-order valence-electron chi connectivity index (χ3n) is 4.96. The Hall–Kier alpha value is -3.61. The van der Waals surface area contributed by atoms with E-state index in [1.54, 1.807) is 31.3 Å². The number of anilines is 2. The van der Waals surface area contributed by atoms with Crippen molar-refractivity contribution in [3.8, 4) is 11.4 Å². The molecule has 0 saturated heterocycles. The molecule has 0 aliphatic carbocycles. The van der Waals surface area contributed by atoms with E-state index >= 15 is 0 Å². The first kappa shape index (κ1) is 18.7. The van der Waals surface area contributed by atoms with Gasteiger partial charge >= 0.3 is 0 Å². The third-order valence-corrected chi connectivity index (χ3v) is 4.96. The molecule has 2 heterocycles. The van der Waals surface area contributed by atoms with Crippen molar-refractivity contribution in [2.24, 2.45) is 0 Å². The van der Waals surface area contributed by atoms with Crippen LogP contribution < -0.4 is 15.4 Å². The highest BCUT2D eigenvalue weighted by molar-refractivity contribution is 6.06. The van der Waals surface area contributed by atoms with E-state index in [-0.39, 0.29) is 11.8 Å². The molecule has 0 saturated carbocycles. The fourth-order valence-corrected chi connectivity index (χ4v) is 3.40. The van der Waals surface area contributed by atoms with Gasteiger partial charge in [0.1, 0.15) is 5.75 Å². The first-order chi connectivity index (χ1) is 14.0. The van der Waals surface area contributed by atoms with E-state index in [1.807, 2.05) is 42.8 Å². The second-order valence-corrected chi connectivity index (χ2v) is 6.97.